The van der Waals surface area contributed by atoms with Crippen molar-refractivity contribution >= 4 is 23.1 Å². The Bertz CT molecular complexity index is 548. The van der Waals surface area contributed by atoms with Gasteiger partial charge in [0.05, 0.1) is 19.3 Å². The maximum atomic E-state index is 14.0. The van der Waals surface area contributed by atoms with Crippen LogP contribution in [0.15, 0.2) is 23.1 Å². The summed E-state index contributed by atoms with van der Waals surface area (Å²) in [6, 6.07) is 4.75. The summed E-state index contributed by atoms with van der Waals surface area (Å²) in [4.78, 5) is 0.855. The second kappa shape index (κ2) is 9.58. The molecule has 0 amide bonds. The fraction of sp³-hybridized carbons (Fsp3) is 0.667. The van der Waals surface area contributed by atoms with Crippen molar-refractivity contribution in [2.45, 2.75) is 62.0 Å². The third-order valence-corrected chi connectivity index (χ3v) is 6.24. The first-order valence-electron chi connectivity index (χ1n) is 8.55. The summed E-state index contributed by atoms with van der Waals surface area (Å²) in [5.41, 5.74) is 0.803. The van der Waals surface area contributed by atoms with Gasteiger partial charge in [-0.05, 0) is 63.6 Å². The van der Waals surface area contributed by atoms with Gasteiger partial charge in [0, 0.05) is 22.7 Å². The predicted octanol–water partition coefficient (Wildman–Crippen LogP) is 4.18. The molecule has 0 bridgehead atoms. The van der Waals surface area contributed by atoms with E-state index in [9.17, 15) is 8.94 Å². The third-order valence-electron chi connectivity index (χ3n) is 3.92. The fourth-order valence-corrected chi connectivity index (χ4v) is 3.86. The maximum Gasteiger partial charge on any atom is 0.157 e. The van der Waals surface area contributed by atoms with Crippen LogP contribution in [0.1, 0.15) is 51.6 Å². The van der Waals surface area contributed by atoms with Gasteiger partial charge >= 0.3 is 0 Å². The largest absolute Gasteiger partial charge is 0.598 e. The van der Waals surface area contributed by atoms with Crippen LogP contribution in [-0.4, -0.2) is 35.1 Å². The van der Waals surface area contributed by atoms with Gasteiger partial charge in [0.25, 0.3) is 0 Å². The molecule has 1 aliphatic heterocycles. The topological polar surface area (TPSA) is 53.5 Å². The smallest absolute Gasteiger partial charge is 0.157 e. The van der Waals surface area contributed by atoms with Crippen LogP contribution in [-0.2, 0) is 20.8 Å². The van der Waals surface area contributed by atoms with Crippen LogP contribution < -0.4 is 4.72 Å². The Balaban J connectivity index is 2.14. The minimum Gasteiger partial charge on any atom is -0.598 e. The van der Waals surface area contributed by atoms with Gasteiger partial charge in [0.2, 0.25) is 0 Å². The Hall–Kier alpha value is -0.310. The van der Waals surface area contributed by atoms with Crippen molar-refractivity contribution in [1.82, 2.24) is 4.72 Å². The molecule has 25 heavy (non-hydrogen) atoms. The van der Waals surface area contributed by atoms with Crippen molar-refractivity contribution in [1.29, 1.82) is 0 Å². The molecule has 1 saturated heterocycles. The summed E-state index contributed by atoms with van der Waals surface area (Å²) in [6.07, 6.45) is 3.91. The van der Waals surface area contributed by atoms with Crippen molar-refractivity contribution in [3.8, 4) is 0 Å². The first-order valence-corrected chi connectivity index (χ1v) is 10.9. The van der Waals surface area contributed by atoms with E-state index < -0.39 is 16.1 Å². The first kappa shape index (κ1) is 21.0. The number of halogens is 1. The number of nitrogens with one attached hydrogen (secondary N) is 1. The molecule has 0 radical (unpaired) electrons. The van der Waals surface area contributed by atoms with Crippen LogP contribution in [0.25, 0.3) is 0 Å². The molecule has 4 nitrogen and oxygen atoms in total. The van der Waals surface area contributed by atoms with E-state index >= 15 is 0 Å². The molecule has 1 aromatic rings. The molecule has 1 unspecified atom stereocenters. The fourth-order valence-electron chi connectivity index (χ4n) is 2.51. The zero-order chi connectivity index (χ0) is 18.4. The molecule has 2 atom stereocenters. The second-order valence-corrected chi connectivity index (χ2v) is 9.96. The van der Waals surface area contributed by atoms with Gasteiger partial charge in [-0.25, -0.2) is 4.39 Å². The van der Waals surface area contributed by atoms with Crippen molar-refractivity contribution in [3.05, 3.63) is 29.6 Å². The molecule has 1 aromatic carbocycles. The number of rotatable bonds is 7. The molecule has 1 fully saturated rings. The zero-order valence-corrected chi connectivity index (χ0v) is 17.0. The van der Waals surface area contributed by atoms with E-state index in [1.54, 1.807) is 0 Å². The summed E-state index contributed by atoms with van der Waals surface area (Å²) >= 11 is 0.242. The standard InChI is InChI=1S/C18H28FNO3S2/c1-18(2,3)25(21)20-16(6-7-17-22-8-5-9-23-17)13-10-14(19)12-15(11-13)24-4/h10-12,16-17,20H,5-9H2,1-4H3/t16-,25?/m1/s1. The zero-order valence-electron chi connectivity index (χ0n) is 15.3. The lowest BCUT2D eigenvalue weighted by atomic mass is 10.0. The van der Waals surface area contributed by atoms with Crippen molar-refractivity contribution in [2.75, 3.05) is 19.5 Å². The predicted molar refractivity (Wildman–Crippen MR) is 101 cm³/mol. The minimum absolute atomic E-state index is 0.226. The maximum absolute atomic E-state index is 14.0. The van der Waals surface area contributed by atoms with Crippen LogP contribution in [0.5, 0.6) is 0 Å². The number of hydrogen-bond acceptors (Lipinski definition) is 5. The number of ether oxygens (including phenoxy) is 2. The highest BCUT2D eigenvalue weighted by molar-refractivity contribution is 7.98. The highest BCUT2D eigenvalue weighted by Crippen LogP contribution is 2.29. The molecule has 7 heteroatoms. The summed E-state index contributed by atoms with van der Waals surface area (Å²) in [6.45, 7) is 7.15. The van der Waals surface area contributed by atoms with Crippen LogP contribution in [0.3, 0.4) is 0 Å². The summed E-state index contributed by atoms with van der Waals surface area (Å²) in [5, 5.41) is 0. The van der Waals surface area contributed by atoms with Gasteiger partial charge in [-0.3, -0.25) is 0 Å². The van der Waals surface area contributed by atoms with Crippen LogP contribution in [0.4, 0.5) is 4.39 Å². The van der Waals surface area contributed by atoms with Gasteiger partial charge in [0.1, 0.15) is 10.6 Å². The Morgan fingerprint density at radius 1 is 1.32 bits per heavy atom. The van der Waals surface area contributed by atoms with Crippen LogP contribution >= 0.6 is 11.8 Å². The SMILES string of the molecule is CSc1cc(F)cc([C@@H](CCC2OCCCO2)N[S+]([O-])C(C)(C)C)c1. The van der Waals surface area contributed by atoms with E-state index in [2.05, 4.69) is 4.72 Å². The van der Waals surface area contributed by atoms with Gasteiger partial charge < -0.3 is 14.0 Å². The number of thioether (sulfide) groups is 1. The highest BCUT2D eigenvalue weighted by atomic mass is 32.2. The molecule has 142 valence electrons. The first-order chi connectivity index (χ1) is 11.8. The van der Waals surface area contributed by atoms with E-state index in [0.717, 1.165) is 16.9 Å². The van der Waals surface area contributed by atoms with Crippen molar-refractivity contribution in [3.63, 3.8) is 0 Å². The lowest BCUT2D eigenvalue weighted by Crippen LogP contribution is -2.41. The Morgan fingerprint density at radius 2 is 2.00 bits per heavy atom. The van der Waals surface area contributed by atoms with E-state index in [1.807, 2.05) is 33.1 Å². The highest BCUT2D eigenvalue weighted by Gasteiger charge is 2.30. The van der Waals surface area contributed by atoms with Gasteiger partial charge in [0.15, 0.2) is 6.29 Å². The molecule has 2 rings (SSSR count). The Labute approximate surface area is 157 Å². The third kappa shape index (κ3) is 6.73. The molecule has 0 saturated carbocycles. The molecule has 1 N–H and O–H groups in total. The number of hydrogen-bond donors (Lipinski definition) is 1. The van der Waals surface area contributed by atoms with Gasteiger partial charge in [-0.2, -0.15) is 0 Å². The lowest BCUT2D eigenvalue weighted by molar-refractivity contribution is -0.182. The van der Waals surface area contributed by atoms with E-state index in [-0.39, 0.29) is 18.1 Å². The molecule has 1 aliphatic rings. The second-order valence-electron chi connectivity index (χ2n) is 7.08. The van der Waals surface area contributed by atoms with Crippen molar-refractivity contribution in [2.24, 2.45) is 0 Å². The Kier molecular flexibility index (Phi) is 8.04. The molecular formula is C18H28FNO3S2. The quantitative estimate of drug-likeness (QED) is 0.560. The average Bonchev–Trinajstić information content (AvgIpc) is 2.57. The normalized spacial score (nSPS) is 19.0. The number of benzene rings is 1. The summed E-state index contributed by atoms with van der Waals surface area (Å²) in [7, 11) is 0. The van der Waals surface area contributed by atoms with E-state index in [4.69, 9.17) is 9.47 Å². The lowest BCUT2D eigenvalue weighted by Gasteiger charge is -2.30. The molecule has 0 aromatic heterocycles. The Morgan fingerprint density at radius 3 is 2.60 bits per heavy atom. The van der Waals surface area contributed by atoms with Crippen LogP contribution in [0.2, 0.25) is 0 Å². The van der Waals surface area contributed by atoms with Gasteiger partial charge in [-0.1, -0.05) is 0 Å². The van der Waals surface area contributed by atoms with Crippen LogP contribution in [0, 0.1) is 5.82 Å². The molecule has 0 aliphatic carbocycles. The summed E-state index contributed by atoms with van der Waals surface area (Å²) in [5.74, 6) is -0.277. The van der Waals surface area contributed by atoms with Gasteiger partial charge in [-0.15, -0.1) is 16.5 Å². The minimum atomic E-state index is -1.25. The van der Waals surface area contributed by atoms with Crippen molar-refractivity contribution < 1.29 is 18.4 Å². The molecule has 1 heterocycles. The summed E-state index contributed by atoms with van der Waals surface area (Å²) < 4.78 is 40.5. The van der Waals surface area contributed by atoms with E-state index in [1.165, 1.54) is 23.9 Å². The average molecular weight is 390 g/mol. The monoisotopic (exact) mass is 389 g/mol. The molecule has 0 spiro atoms. The van der Waals surface area contributed by atoms with E-state index in [0.29, 0.717) is 26.1 Å². The molecular weight excluding hydrogens is 361 g/mol.